The Morgan fingerprint density at radius 3 is 2.27 bits per heavy atom. The molecule has 1 aliphatic heterocycles. The highest BCUT2D eigenvalue weighted by molar-refractivity contribution is 4.95. The van der Waals surface area contributed by atoms with Crippen molar-refractivity contribution >= 4 is 0 Å². The molecule has 0 aromatic carbocycles. The number of ether oxygens (including phenoxy) is 2. The van der Waals surface area contributed by atoms with Crippen LogP contribution in [0.2, 0.25) is 0 Å². The van der Waals surface area contributed by atoms with Crippen LogP contribution in [-0.2, 0) is 9.47 Å². The number of hydrogen-bond acceptors (Lipinski definition) is 2. The zero-order valence-corrected chi connectivity index (χ0v) is 10.1. The average molecular weight is 210 g/mol. The van der Waals surface area contributed by atoms with Crippen molar-refractivity contribution in [2.24, 2.45) is 5.41 Å². The first-order chi connectivity index (χ1) is 7.04. The van der Waals surface area contributed by atoms with Crippen molar-refractivity contribution in [3.63, 3.8) is 0 Å². The van der Waals surface area contributed by atoms with E-state index in [1.54, 1.807) is 0 Å². The third-order valence-electron chi connectivity index (χ3n) is 2.82. The molecule has 1 saturated heterocycles. The van der Waals surface area contributed by atoms with Gasteiger partial charge in [-0.25, -0.2) is 0 Å². The molecule has 0 spiro atoms. The summed E-state index contributed by atoms with van der Waals surface area (Å²) in [7, 11) is 0. The molecule has 1 aliphatic rings. The highest BCUT2D eigenvalue weighted by atomic mass is 16.7. The molecule has 0 N–H and O–H groups in total. The Morgan fingerprint density at radius 1 is 1.20 bits per heavy atom. The average Bonchev–Trinajstić information content (AvgIpc) is 2.20. The molecule has 1 rings (SSSR count). The molecular formula is C13H22O2. The van der Waals surface area contributed by atoms with E-state index < -0.39 is 5.79 Å². The number of hydrogen-bond donors (Lipinski definition) is 0. The maximum absolute atomic E-state index is 5.73. The van der Waals surface area contributed by atoms with Crippen LogP contribution < -0.4 is 0 Å². The van der Waals surface area contributed by atoms with Crippen LogP contribution in [0.3, 0.4) is 0 Å². The second-order valence-corrected chi connectivity index (χ2v) is 4.74. The summed E-state index contributed by atoms with van der Waals surface area (Å²) >= 11 is 0. The first-order valence-corrected chi connectivity index (χ1v) is 5.54. The molecule has 0 aromatic heterocycles. The second kappa shape index (κ2) is 4.95. The van der Waals surface area contributed by atoms with Crippen molar-refractivity contribution in [2.75, 3.05) is 13.2 Å². The molecule has 0 unspecified atom stereocenters. The lowest BCUT2D eigenvalue weighted by Gasteiger charge is -2.42. The molecule has 0 saturated carbocycles. The van der Waals surface area contributed by atoms with Crippen molar-refractivity contribution in [3.8, 4) is 0 Å². The van der Waals surface area contributed by atoms with Crippen molar-refractivity contribution in [3.05, 3.63) is 24.8 Å². The van der Waals surface area contributed by atoms with E-state index in [-0.39, 0.29) is 5.41 Å². The first-order valence-electron chi connectivity index (χ1n) is 5.54. The fraction of sp³-hybridized carbons (Fsp3) is 0.692. The van der Waals surface area contributed by atoms with Gasteiger partial charge in [0.05, 0.1) is 13.2 Å². The molecule has 0 bridgehead atoms. The highest BCUT2D eigenvalue weighted by Gasteiger charge is 2.38. The minimum Gasteiger partial charge on any atom is -0.350 e. The lowest BCUT2D eigenvalue weighted by molar-refractivity contribution is -0.284. The third-order valence-corrected chi connectivity index (χ3v) is 2.82. The summed E-state index contributed by atoms with van der Waals surface area (Å²) in [4.78, 5) is 0. The van der Waals surface area contributed by atoms with Crippen molar-refractivity contribution in [2.45, 2.75) is 39.4 Å². The Balaban J connectivity index is 2.63. The Bertz CT molecular complexity index is 231. The third kappa shape index (κ3) is 3.47. The fourth-order valence-electron chi connectivity index (χ4n) is 1.73. The first kappa shape index (κ1) is 12.5. The predicted octanol–water partition coefficient (Wildman–Crippen LogP) is 3.30. The van der Waals surface area contributed by atoms with Crippen LogP contribution >= 0.6 is 0 Å². The summed E-state index contributed by atoms with van der Waals surface area (Å²) in [6, 6.07) is 0. The molecule has 1 fully saturated rings. The Kier molecular flexibility index (Phi) is 4.12. The van der Waals surface area contributed by atoms with Gasteiger partial charge in [0.1, 0.15) is 0 Å². The maximum Gasteiger partial charge on any atom is 0.162 e. The Hall–Kier alpha value is -0.600. The Labute approximate surface area is 93.0 Å². The van der Waals surface area contributed by atoms with Gasteiger partial charge in [-0.05, 0) is 33.6 Å². The number of rotatable bonds is 4. The van der Waals surface area contributed by atoms with Gasteiger partial charge in [0, 0.05) is 5.41 Å². The van der Waals surface area contributed by atoms with Crippen LogP contribution in [0, 0.1) is 5.41 Å². The summed E-state index contributed by atoms with van der Waals surface area (Å²) in [5, 5.41) is 0. The molecule has 1 heterocycles. The van der Waals surface area contributed by atoms with Gasteiger partial charge in [-0.2, -0.15) is 0 Å². The monoisotopic (exact) mass is 210 g/mol. The molecular weight excluding hydrogens is 188 g/mol. The SMILES string of the molecule is C=CCC1(CC=CC)COC(C)(C)OC1. The molecule has 0 aliphatic carbocycles. The molecule has 2 heteroatoms. The van der Waals surface area contributed by atoms with Crippen LogP contribution in [-0.4, -0.2) is 19.0 Å². The highest BCUT2D eigenvalue weighted by Crippen LogP contribution is 2.36. The van der Waals surface area contributed by atoms with Crippen molar-refractivity contribution in [1.82, 2.24) is 0 Å². The summed E-state index contributed by atoms with van der Waals surface area (Å²) in [5.41, 5.74) is 0.0871. The Morgan fingerprint density at radius 2 is 1.80 bits per heavy atom. The maximum atomic E-state index is 5.73. The van der Waals surface area contributed by atoms with Crippen LogP contribution in [0.4, 0.5) is 0 Å². The van der Waals surface area contributed by atoms with E-state index in [9.17, 15) is 0 Å². The lowest BCUT2D eigenvalue weighted by atomic mass is 9.81. The van der Waals surface area contributed by atoms with Gasteiger partial charge in [0.2, 0.25) is 0 Å². The zero-order chi connectivity index (χ0) is 11.4. The van der Waals surface area contributed by atoms with Crippen LogP contribution in [0.1, 0.15) is 33.6 Å². The van der Waals surface area contributed by atoms with E-state index in [0.717, 1.165) is 26.1 Å². The molecule has 0 radical (unpaired) electrons. The van der Waals surface area contributed by atoms with Crippen LogP contribution in [0.25, 0.3) is 0 Å². The lowest BCUT2D eigenvalue weighted by Crippen LogP contribution is -2.46. The predicted molar refractivity (Wildman–Crippen MR) is 62.7 cm³/mol. The molecule has 0 aromatic rings. The minimum atomic E-state index is -0.430. The summed E-state index contributed by atoms with van der Waals surface area (Å²) in [6.45, 7) is 11.3. The number of allylic oxidation sites excluding steroid dienone is 3. The second-order valence-electron chi connectivity index (χ2n) is 4.74. The van der Waals surface area contributed by atoms with Crippen molar-refractivity contribution in [1.29, 1.82) is 0 Å². The summed E-state index contributed by atoms with van der Waals surface area (Å²) in [5.74, 6) is -0.430. The van der Waals surface area contributed by atoms with Crippen LogP contribution in [0.15, 0.2) is 24.8 Å². The van der Waals surface area contributed by atoms with Gasteiger partial charge in [-0.15, -0.1) is 6.58 Å². The van der Waals surface area contributed by atoms with Crippen LogP contribution in [0.5, 0.6) is 0 Å². The van der Waals surface area contributed by atoms with Crippen molar-refractivity contribution < 1.29 is 9.47 Å². The van der Waals surface area contributed by atoms with Gasteiger partial charge in [-0.1, -0.05) is 18.2 Å². The molecule has 86 valence electrons. The van der Waals surface area contributed by atoms with Gasteiger partial charge in [0.15, 0.2) is 5.79 Å². The van der Waals surface area contributed by atoms with E-state index >= 15 is 0 Å². The van der Waals surface area contributed by atoms with Gasteiger partial charge < -0.3 is 9.47 Å². The summed E-state index contributed by atoms with van der Waals surface area (Å²) in [6.07, 6.45) is 8.13. The normalized spacial score (nSPS) is 24.2. The fourth-order valence-corrected chi connectivity index (χ4v) is 1.73. The molecule has 0 amide bonds. The molecule has 2 nitrogen and oxygen atoms in total. The molecule has 0 atom stereocenters. The zero-order valence-electron chi connectivity index (χ0n) is 10.1. The summed E-state index contributed by atoms with van der Waals surface area (Å²) < 4.78 is 11.5. The van der Waals surface area contributed by atoms with Gasteiger partial charge in [0.25, 0.3) is 0 Å². The van der Waals surface area contributed by atoms with E-state index in [1.165, 1.54) is 0 Å². The molecule has 15 heavy (non-hydrogen) atoms. The largest absolute Gasteiger partial charge is 0.350 e. The van der Waals surface area contributed by atoms with E-state index in [1.807, 2.05) is 26.8 Å². The van der Waals surface area contributed by atoms with E-state index in [0.29, 0.717) is 0 Å². The standard InChI is InChI=1S/C13H22O2/c1-5-7-9-13(8-6-2)10-14-12(3,4)15-11-13/h5-7H,2,8-11H2,1,3-4H3. The van der Waals surface area contributed by atoms with Gasteiger partial charge >= 0.3 is 0 Å². The quantitative estimate of drug-likeness (QED) is 0.663. The van der Waals surface area contributed by atoms with Gasteiger partial charge in [-0.3, -0.25) is 0 Å². The van der Waals surface area contributed by atoms with E-state index in [2.05, 4.69) is 18.7 Å². The van der Waals surface area contributed by atoms with E-state index in [4.69, 9.17) is 9.47 Å². The minimum absolute atomic E-state index is 0.0871. The smallest absolute Gasteiger partial charge is 0.162 e. The topological polar surface area (TPSA) is 18.5 Å².